The highest BCUT2D eigenvalue weighted by Gasteiger charge is 2.35. The Labute approximate surface area is 374 Å². The van der Waals surface area contributed by atoms with Gasteiger partial charge in [0.1, 0.15) is 24.8 Å². The van der Waals surface area contributed by atoms with Crippen LogP contribution in [-0.2, 0) is 35.3 Å². The van der Waals surface area contributed by atoms with Crippen molar-refractivity contribution in [2.75, 3.05) is 75.4 Å². The molecule has 0 saturated heterocycles. The summed E-state index contributed by atoms with van der Waals surface area (Å²) in [7, 11) is -0.835. The molecule has 3 aromatic rings. The summed E-state index contributed by atoms with van der Waals surface area (Å²) in [6.45, 7) is 1.15. The SMILES string of the molecule is CS(C)(C)CCOC(=O)NCCCN(C(=O)CSCCC(=O)NCCNC(=O)CN1C(=O)C=CC1=O)[C@@H](c1cc(-c2cc(F)ccc2F)cn1Cc1ccccc1)C1CCCCC1. The van der Waals surface area contributed by atoms with E-state index in [2.05, 4.69) is 34.7 Å². The van der Waals surface area contributed by atoms with Crippen LogP contribution >= 0.6 is 21.8 Å². The predicted molar refractivity (Wildman–Crippen MR) is 244 cm³/mol. The Kier molecular flexibility index (Phi) is 18.7. The lowest BCUT2D eigenvalue weighted by Gasteiger charge is -2.40. The van der Waals surface area contributed by atoms with Crippen molar-refractivity contribution in [2.24, 2.45) is 5.92 Å². The van der Waals surface area contributed by atoms with E-state index in [9.17, 15) is 33.2 Å². The molecule has 1 atom stereocenters. The summed E-state index contributed by atoms with van der Waals surface area (Å²) in [5.74, 6) is -1.90. The maximum atomic E-state index is 15.4. The molecule has 3 N–H and O–H groups in total. The van der Waals surface area contributed by atoms with Crippen LogP contribution in [0.3, 0.4) is 0 Å². The van der Waals surface area contributed by atoms with Gasteiger partial charge >= 0.3 is 6.09 Å². The van der Waals surface area contributed by atoms with Crippen molar-refractivity contribution in [3.05, 3.63) is 95.8 Å². The number of hydrogen-bond donors (Lipinski definition) is 3. The highest BCUT2D eigenvalue weighted by atomic mass is 32.3. The molecule has 6 amide bonds. The summed E-state index contributed by atoms with van der Waals surface area (Å²) >= 11 is 1.32. The van der Waals surface area contributed by atoms with E-state index in [1.807, 2.05) is 52.1 Å². The van der Waals surface area contributed by atoms with Gasteiger partial charge in [0, 0.05) is 85.8 Å². The molecule has 0 radical (unpaired) electrons. The third kappa shape index (κ3) is 15.6. The summed E-state index contributed by atoms with van der Waals surface area (Å²) in [6, 6.07) is 14.7. The molecule has 2 aliphatic rings. The summed E-state index contributed by atoms with van der Waals surface area (Å²) in [6.07, 6.45) is 15.3. The maximum Gasteiger partial charge on any atom is 0.407 e. The minimum absolute atomic E-state index is 0.0689. The first-order valence-corrected chi connectivity index (χ1v) is 25.6. The Bertz CT molecular complexity index is 2070. The second-order valence-electron chi connectivity index (χ2n) is 16.6. The fourth-order valence-corrected chi connectivity index (χ4v) is 9.04. The molecule has 1 aliphatic heterocycles. The number of halogens is 2. The number of hydrogen-bond acceptors (Lipinski definition) is 8. The van der Waals surface area contributed by atoms with Gasteiger partial charge in [-0.2, -0.15) is 11.8 Å². The molecular formula is C46H60F2N6O7S2. The number of thioether (sulfide) groups is 1. The molecule has 2 aromatic carbocycles. The first kappa shape index (κ1) is 48.9. The van der Waals surface area contributed by atoms with Gasteiger partial charge in [0.25, 0.3) is 11.8 Å². The van der Waals surface area contributed by atoms with Crippen molar-refractivity contribution in [1.82, 2.24) is 30.3 Å². The topological polar surface area (TPSA) is 159 Å². The molecule has 0 unspecified atom stereocenters. The van der Waals surface area contributed by atoms with E-state index in [-0.39, 0.29) is 55.1 Å². The van der Waals surface area contributed by atoms with Gasteiger partial charge < -0.3 is 30.2 Å². The van der Waals surface area contributed by atoms with E-state index < -0.39 is 58.1 Å². The normalized spacial score (nSPS) is 15.0. The van der Waals surface area contributed by atoms with Gasteiger partial charge in [-0.3, -0.25) is 28.9 Å². The van der Waals surface area contributed by atoms with Crippen LogP contribution in [-0.4, -0.2) is 125 Å². The van der Waals surface area contributed by atoms with Crippen LogP contribution < -0.4 is 16.0 Å². The van der Waals surface area contributed by atoms with E-state index in [1.165, 1.54) is 17.8 Å². The highest BCUT2D eigenvalue weighted by Crippen LogP contribution is 2.41. The van der Waals surface area contributed by atoms with Crippen molar-refractivity contribution in [1.29, 1.82) is 0 Å². The van der Waals surface area contributed by atoms with Crippen molar-refractivity contribution < 1.29 is 42.3 Å². The molecule has 5 rings (SSSR count). The third-order valence-corrected chi connectivity index (χ3v) is 13.2. The number of rotatable bonds is 23. The number of carbonyl (C=O) groups is 6. The predicted octanol–water partition coefficient (Wildman–Crippen LogP) is 6.02. The largest absolute Gasteiger partial charge is 0.449 e. The molecule has 1 aromatic heterocycles. The summed E-state index contributed by atoms with van der Waals surface area (Å²) in [5.41, 5.74) is 2.44. The Hall–Kier alpha value is -5.16. The van der Waals surface area contributed by atoms with Crippen LogP contribution in [0.25, 0.3) is 11.1 Å². The van der Waals surface area contributed by atoms with Crippen LogP contribution in [0.4, 0.5) is 13.6 Å². The first-order chi connectivity index (χ1) is 30.2. The van der Waals surface area contributed by atoms with E-state index in [4.69, 9.17) is 4.74 Å². The lowest BCUT2D eigenvalue weighted by molar-refractivity contribution is -0.141. The second-order valence-corrected chi connectivity index (χ2v) is 22.3. The molecule has 0 bridgehead atoms. The lowest BCUT2D eigenvalue weighted by Crippen LogP contribution is -2.43. The number of imide groups is 1. The number of aromatic nitrogens is 1. The maximum absolute atomic E-state index is 15.4. The van der Waals surface area contributed by atoms with Crippen LogP contribution in [0.2, 0.25) is 0 Å². The number of nitrogens with one attached hydrogen (secondary N) is 3. The minimum atomic E-state index is -0.835. The highest BCUT2D eigenvalue weighted by molar-refractivity contribution is 8.32. The zero-order valence-corrected chi connectivity index (χ0v) is 38.0. The molecule has 17 heteroatoms. The third-order valence-electron chi connectivity index (χ3n) is 10.9. The average molecular weight is 911 g/mol. The van der Waals surface area contributed by atoms with Gasteiger partial charge in [0.15, 0.2) is 0 Å². The molecule has 63 heavy (non-hydrogen) atoms. The molecule has 0 spiro atoms. The van der Waals surface area contributed by atoms with Crippen molar-refractivity contribution in [3.63, 3.8) is 0 Å². The van der Waals surface area contributed by atoms with E-state index >= 15 is 4.39 Å². The summed E-state index contributed by atoms with van der Waals surface area (Å²) in [4.78, 5) is 78.2. The van der Waals surface area contributed by atoms with Gasteiger partial charge in [-0.1, -0.05) is 49.6 Å². The number of benzene rings is 2. The monoisotopic (exact) mass is 910 g/mol. The minimum Gasteiger partial charge on any atom is -0.449 e. The Morgan fingerprint density at radius 3 is 2.29 bits per heavy atom. The van der Waals surface area contributed by atoms with Crippen LogP contribution in [0.1, 0.15) is 62.2 Å². The molecule has 13 nitrogen and oxygen atoms in total. The Balaban J connectivity index is 1.30. The Morgan fingerprint density at radius 2 is 1.59 bits per heavy atom. The second kappa shape index (κ2) is 24.1. The smallest absolute Gasteiger partial charge is 0.407 e. The van der Waals surface area contributed by atoms with Crippen molar-refractivity contribution in [2.45, 2.75) is 57.5 Å². The fraction of sp³-hybridized carbons (Fsp3) is 0.478. The number of ether oxygens (including phenoxy) is 1. The Morgan fingerprint density at radius 1 is 0.889 bits per heavy atom. The fourth-order valence-electron chi connectivity index (χ4n) is 7.65. The molecule has 2 heterocycles. The van der Waals surface area contributed by atoms with E-state index in [0.717, 1.165) is 78.3 Å². The van der Waals surface area contributed by atoms with Gasteiger partial charge in [-0.05, 0) is 73.8 Å². The molecule has 1 fully saturated rings. The number of alkyl carbamates (subject to hydrolysis) is 1. The van der Waals surface area contributed by atoms with Crippen LogP contribution in [0.5, 0.6) is 0 Å². The first-order valence-electron chi connectivity index (χ1n) is 21.4. The van der Waals surface area contributed by atoms with E-state index in [1.54, 1.807) is 0 Å². The van der Waals surface area contributed by atoms with Crippen LogP contribution in [0, 0.1) is 17.6 Å². The molecule has 1 aliphatic carbocycles. The summed E-state index contributed by atoms with van der Waals surface area (Å²) < 4.78 is 37.4. The van der Waals surface area contributed by atoms with Gasteiger partial charge in [-0.15, -0.1) is 0 Å². The van der Waals surface area contributed by atoms with Crippen molar-refractivity contribution in [3.8, 4) is 11.1 Å². The van der Waals surface area contributed by atoms with Crippen LogP contribution in [0.15, 0.2) is 72.9 Å². The number of nitrogens with zero attached hydrogens (tertiary/aromatic N) is 3. The lowest BCUT2D eigenvalue weighted by atomic mass is 9.81. The number of carbonyl (C=O) groups excluding carboxylic acids is 6. The van der Waals surface area contributed by atoms with Gasteiger partial charge in [0.05, 0.1) is 11.8 Å². The standard InChI is InChI=1S/C46H60F2N6O7S2/c1-63(2,3)26-24-61-46(60)51-20-10-23-53(44(59)32-62-25-19-40(55)49-21-22-50-41(56)31-54-42(57)17-18-43(54)58)45(34-13-8-5-9-14-34)39-27-35(37-28-36(47)15-16-38(37)48)30-52(39)29-33-11-6-4-7-12-33/h4,6-7,11-12,15-18,27-28,30,34,45H,5,8-10,13-14,19-26,29,31-32H2,1-3H3,(H,49,55)(H,50,56)(H,51,60)/t45-/m1/s1. The summed E-state index contributed by atoms with van der Waals surface area (Å²) in [5, 5.41) is 8.15. The average Bonchev–Trinajstić information content (AvgIpc) is 3.80. The quantitative estimate of drug-likeness (QED) is 0.0770. The molecular weight excluding hydrogens is 851 g/mol. The van der Waals surface area contributed by atoms with Gasteiger partial charge in [-0.25, -0.2) is 23.6 Å². The zero-order valence-electron chi connectivity index (χ0n) is 36.4. The van der Waals surface area contributed by atoms with E-state index in [0.29, 0.717) is 37.4 Å². The molecule has 1 saturated carbocycles. The number of amides is 6. The van der Waals surface area contributed by atoms with Crippen molar-refractivity contribution >= 4 is 57.4 Å². The molecule has 342 valence electrons. The zero-order chi connectivity index (χ0) is 45.4. The van der Waals surface area contributed by atoms with Gasteiger partial charge in [0.2, 0.25) is 17.7 Å².